The van der Waals surface area contributed by atoms with Gasteiger partial charge in [0.1, 0.15) is 0 Å². The lowest BCUT2D eigenvalue weighted by Crippen LogP contribution is -2.28. The van der Waals surface area contributed by atoms with Crippen molar-refractivity contribution in [3.8, 4) is 0 Å². The minimum absolute atomic E-state index is 0.180. The number of aromatic nitrogens is 2. The van der Waals surface area contributed by atoms with Gasteiger partial charge in [0.25, 0.3) is 10.0 Å². The molecular formula is C11H19N3O2S. The molecule has 1 saturated heterocycles. The number of nitrogens with zero attached hydrogens (tertiary/aromatic N) is 3. The van der Waals surface area contributed by atoms with Gasteiger partial charge in [0.2, 0.25) is 0 Å². The Hall–Kier alpha value is -0.880. The maximum absolute atomic E-state index is 12.2. The van der Waals surface area contributed by atoms with Crippen LogP contribution in [0, 0.1) is 0 Å². The van der Waals surface area contributed by atoms with Crippen molar-refractivity contribution in [2.75, 3.05) is 13.1 Å². The van der Waals surface area contributed by atoms with Crippen molar-refractivity contribution in [2.45, 2.75) is 44.2 Å². The summed E-state index contributed by atoms with van der Waals surface area (Å²) in [5, 5.41) is 0.180. The van der Waals surface area contributed by atoms with E-state index in [4.69, 9.17) is 0 Å². The number of imidazole rings is 1. The molecule has 96 valence electrons. The summed E-state index contributed by atoms with van der Waals surface area (Å²) in [7, 11) is -3.36. The maximum Gasteiger partial charge on any atom is 0.262 e. The van der Waals surface area contributed by atoms with Gasteiger partial charge in [-0.3, -0.25) is 0 Å². The van der Waals surface area contributed by atoms with Gasteiger partial charge < -0.3 is 4.57 Å². The minimum atomic E-state index is -3.36. The van der Waals surface area contributed by atoms with Gasteiger partial charge in [-0.05, 0) is 26.2 Å². The molecule has 1 atom stereocenters. The average molecular weight is 257 g/mol. The van der Waals surface area contributed by atoms with Crippen LogP contribution in [0.5, 0.6) is 0 Å². The predicted molar refractivity (Wildman–Crippen MR) is 65.2 cm³/mol. The van der Waals surface area contributed by atoms with Gasteiger partial charge in [0, 0.05) is 25.3 Å². The van der Waals surface area contributed by atoms with Crippen LogP contribution in [0.15, 0.2) is 17.6 Å². The number of hydrogen-bond donors (Lipinski definition) is 0. The van der Waals surface area contributed by atoms with Gasteiger partial charge in [-0.2, -0.15) is 4.31 Å². The van der Waals surface area contributed by atoms with Crippen molar-refractivity contribution in [3.05, 3.63) is 12.5 Å². The molecule has 1 aliphatic rings. The topological polar surface area (TPSA) is 55.2 Å². The van der Waals surface area contributed by atoms with E-state index in [1.54, 1.807) is 12.5 Å². The highest BCUT2D eigenvalue weighted by atomic mass is 32.2. The smallest absolute Gasteiger partial charge is 0.262 e. The Balaban J connectivity index is 2.24. The second-order valence-corrected chi connectivity index (χ2v) is 6.41. The molecule has 1 unspecified atom stereocenters. The third-order valence-corrected chi connectivity index (χ3v) is 5.13. The van der Waals surface area contributed by atoms with Crippen molar-refractivity contribution in [1.82, 2.24) is 13.9 Å². The lowest BCUT2D eigenvalue weighted by Gasteiger charge is -2.13. The standard InChI is InChI=1S/C11H19N3O2S/c1-3-10(2)13-8-11(12-9-13)17(15,16)14-6-4-5-7-14/h8-10H,3-7H2,1-2H3. The zero-order chi connectivity index (χ0) is 12.5. The van der Waals surface area contributed by atoms with Crippen molar-refractivity contribution >= 4 is 10.0 Å². The first-order chi connectivity index (χ1) is 8.05. The zero-order valence-corrected chi connectivity index (χ0v) is 11.2. The van der Waals surface area contributed by atoms with Gasteiger partial charge >= 0.3 is 0 Å². The largest absolute Gasteiger partial charge is 0.333 e. The van der Waals surface area contributed by atoms with Crippen LogP contribution in [0.1, 0.15) is 39.2 Å². The van der Waals surface area contributed by atoms with Crippen molar-refractivity contribution in [2.24, 2.45) is 0 Å². The molecule has 0 radical (unpaired) electrons. The van der Waals surface area contributed by atoms with Crippen LogP contribution in [0.25, 0.3) is 0 Å². The van der Waals surface area contributed by atoms with Gasteiger partial charge in [0.15, 0.2) is 5.03 Å². The van der Waals surface area contributed by atoms with E-state index in [0.717, 1.165) is 19.3 Å². The molecule has 1 fully saturated rings. The number of hydrogen-bond acceptors (Lipinski definition) is 3. The molecule has 0 saturated carbocycles. The van der Waals surface area contributed by atoms with E-state index in [1.807, 2.05) is 11.5 Å². The molecule has 2 rings (SSSR count). The SMILES string of the molecule is CCC(C)n1cnc(S(=O)(=O)N2CCCC2)c1. The molecule has 1 aromatic heterocycles. The second kappa shape index (κ2) is 4.78. The van der Waals surface area contributed by atoms with Crippen molar-refractivity contribution in [1.29, 1.82) is 0 Å². The van der Waals surface area contributed by atoms with E-state index in [-0.39, 0.29) is 11.1 Å². The highest BCUT2D eigenvalue weighted by Gasteiger charge is 2.29. The van der Waals surface area contributed by atoms with Crippen LogP contribution in [0.2, 0.25) is 0 Å². The highest BCUT2D eigenvalue weighted by molar-refractivity contribution is 7.89. The third-order valence-electron chi connectivity index (χ3n) is 3.35. The first-order valence-electron chi connectivity index (χ1n) is 6.09. The molecule has 0 aromatic carbocycles. The molecule has 1 aliphatic heterocycles. The van der Waals surface area contributed by atoms with Crippen LogP contribution in [0.4, 0.5) is 0 Å². The van der Waals surface area contributed by atoms with Gasteiger partial charge in [-0.15, -0.1) is 0 Å². The Kier molecular flexibility index (Phi) is 3.53. The Bertz CT molecular complexity index is 475. The summed E-state index contributed by atoms with van der Waals surface area (Å²) in [4.78, 5) is 4.03. The van der Waals surface area contributed by atoms with Crippen LogP contribution in [-0.2, 0) is 10.0 Å². The summed E-state index contributed by atoms with van der Waals surface area (Å²) < 4.78 is 27.8. The van der Waals surface area contributed by atoms with E-state index in [2.05, 4.69) is 11.9 Å². The van der Waals surface area contributed by atoms with E-state index in [9.17, 15) is 8.42 Å². The minimum Gasteiger partial charge on any atom is -0.333 e. The Morgan fingerprint density at radius 2 is 2.06 bits per heavy atom. The fraction of sp³-hybridized carbons (Fsp3) is 0.727. The van der Waals surface area contributed by atoms with Crippen molar-refractivity contribution in [3.63, 3.8) is 0 Å². The molecule has 0 bridgehead atoms. The third kappa shape index (κ3) is 2.37. The van der Waals surface area contributed by atoms with Crippen LogP contribution < -0.4 is 0 Å². The average Bonchev–Trinajstić information content (AvgIpc) is 2.98. The molecule has 0 spiro atoms. The first-order valence-corrected chi connectivity index (χ1v) is 7.53. The monoisotopic (exact) mass is 257 g/mol. The lowest BCUT2D eigenvalue weighted by atomic mass is 10.3. The highest BCUT2D eigenvalue weighted by Crippen LogP contribution is 2.20. The fourth-order valence-electron chi connectivity index (χ4n) is 1.96. The zero-order valence-electron chi connectivity index (χ0n) is 10.3. The predicted octanol–water partition coefficient (Wildman–Crippen LogP) is 1.64. The normalized spacial score (nSPS) is 19.6. The number of sulfonamides is 1. The molecule has 5 nitrogen and oxygen atoms in total. The van der Waals surface area contributed by atoms with Crippen molar-refractivity contribution < 1.29 is 8.42 Å². The van der Waals surface area contributed by atoms with Crippen LogP contribution in [0.3, 0.4) is 0 Å². The van der Waals surface area contributed by atoms with E-state index in [0.29, 0.717) is 13.1 Å². The van der Waals surface area contributed by atoms with Crippen LogP contribution in [-0.4, -0.2) is 35.4 Å². The second-order valence-electron chi connectivity index (χ2n) is 4.53. The van der Waals surface area contributed by atoms with Gasteiger partial charge in [-0.1, -0.05) is 6.92 Å². The summed E-state index contributed by atoms with van der Waals surface area (Å²) in [5.41, 5.74) is 0. The maximum atomic E-state index is 12.2. The summed E-state index contributed by atoms with van der Waals surface area (Å²) in [6.45, 7) is 5.37. The summed E-state index contributed by atoms with van der Waals surface area (Å²) >= 11 is 0. The van der Waals surface area contributed by atoms with E-state index >= 15 is 0 Å². The Labute approximate surface area is 103 Å². The van der Waals surface area contributed by atoms with Gasteiger partial charge in [-0.25, -0.2) is 13.4 Å². The molecule has 0 aliphatic carbocycles. The molecular weight excluding hydrogens is 238 g/mol. The molecule has 0 N–H and O–H groups in total. The van der Waals surface area contributed by atoms with E-state index < -0.39 is 10.0 Å². The molecule has 6 heteroatoms. The first kappa shape index (κ1) is 12.6. The van der Waals surface area contributed by atoms with E-state index in [1.165, 1.54) is 4.31 Å². The lowest BCUT2D eigenvalue weighted by molar-refractivity contribution is 0.474. The summed E-state index contributed by atoms with van der Waals surface area (Å²) in [6.07, 6.45) is 6.11. The molecule has 0 amide bonds. The Morgan fingerprint density at radius 3 is 2.65 bits per heavy atom. The molecule has 1 aromatic rings. The molecule has 17 heavy (non-hydrogen) atoms. The number of rotatable bonds is 4. The summed E-state index contributed by atoms with van der Waals surface area (Å²) in [5.74, 6) is 0. The Morgan fingerprint density at radius 1 is 1.41 bits per heavy atom. The quantitative estimate of drug-likeness (QED) is 0.824. The van der Waals surface area contributed by atoms with Crippen LogP contribution >= 0.6 is 0 Å². The molecule has 2 heterocycles. The summed E-state index contributed by atoms with van der Waals surface area (Å²) in [6, 6.07) is 0.282. The fourth-order valence-corrected chi connectivity index (χ4v) is 3.40. The van der Waals surface area contributed by atoms with Gasteiger partial charge in [0.05, 0.1) is 6.33 Å².